The standard InChI is InChI=1S/C18H16FN5O3/c1-11(24-22-17(21-23-24)12-3-2-4-13(19)9-12)18(25)20-14-5-6-15-16(10-14)27-8-7-26-15/h2-6,9-11H,7-8H2,1H3,(H,20,25). The number of tetrazole rings is 1. The van der Waals surface area contributed by atoms with Gasteiger partial charge in [0.05, 0.1) is 0 Å². The topological polar surface area (TPSA) is 91.2 Å². The number of nitrogens with zero attached hydrogens (tertiary/aromatic N) is 4. The van der Waals surface area contributed by atoms with E-state index < -0.39 is 11.9 Å². The number of benzene rings is 2. The zero-order valence-electron chi connectivity index (χ0n) is 14.4. The summed E-state index contributed by atoms with van der Waals surface area (Å²) in [4.78, 5) is 13.7. The first kappa shape index (κ1) is 17.0. The highest BCUT2D eigenvalue weighted by Crippen LogP contribution is 2.32. The predicted octanol–water partition coefficient (Wildman–Crippen LogP) is 2.45. The van der Waals surface area contributed by atoms with Gasteiger partial charge in [0.25, 0.3) is 5.91 Å². The summed E-state index contributed by atoms with van der Waals surface area (Å²) in [6.45, 7) is 2.61. The SMILES string of the molecule is CC(C(=O)Nc1ccc2c(c1)OCCO2)n1nnc(-c2cccc(F)c2)n1. The molecule has 0 spiro atoms. The fourth-order valence-corrected chi connectivity index (χ4v) is 2.61. The molecule has 0 aliphatic carbocycles. The highest BCUT2D eigenvalue weighted by Gasteiger charge is 2.20. The van der Waals surface area contributed by atoms with Crippen molar-refractivity contribution < 1.29 is 18.7 Å². The van der Waals surface area contributed by atoms with Crippen LogP contribution in [-0.2, 0) is 4.79 Å². The zero-order valence-corrected chi connectivity index (χ0v) is 14.4. The van der Waals surface area contributed by atoms with Crippen LogP contribution in [0.1, 0.15) is 13.0 Å². The summed E-state index contributed by atoms with van der Waals surface area (Å²) < 4.78 is 24.3. The molecule has 1 amide bonds. The van der Waals surface area contributed by atoms with Crippen molar-refractivity contribution >= 4 is 11.6 Å². The fourth-order valence-electron chi connectivity index (χ4n) is 2.61. The van der Waals surface area contributed by atoms with Crippen LogP contribution in [0.3, 0.4) is 0 Å². The first-order valence-electron chi connectivity index (χ1n) is 8.36. The fraction of sp³-hybridized carbons (Fsp3) is 0.222. The molecule has 1 atom stereocenters. The third-order valence-corrected chi connectivity index (χ3v) is 4.05. The van der Waals surface area contributed by atoms with E-state index in [2.05, 4.69) is 20.7 Å². The predicted molar refractivity (Wildman–Crippen MR) is 94.0 cm³/mol. The minimum Gasteiger partial charge on any atom is -0.486 e. The Bertz CT molecular complexity index is 991. The Morgan fingerprint density at radius 2 is 2.00 bits per heavy atom. The van der Waals surface area contributed by atoms with Crippen molar-refractivity contribution in [2.45, 2.75) is 13.0 Å². The van der Waals surface area contributed by atoms with Crippen LogP contribution in [-0.4, -0.2) is 39.3 Å². The molecule has 2 heterocycles. The number of nitrogens with one attached hydrogen (secondary N) is 1. The van der Waals surface area contributed by atoms with Crippen molar-refractivity contribution in [2.75, 3.05) is 18.5 Å². The van der Waals surface area contributed by atoms with E-state index in [-0.39, 0.29) is 11.7 Å². The van der Waals surface area contributed by atoms with Crippen LogP contribution in [0.2, 0.25) is 0 Å². The van der Waals surface area contributed by atoms with Crippen molar-refractivity contribution in [3.63, 3.8) is 0 Å². The molecular weight excluding hydrogens is 353 g/mol. The highest BCUT2D eigenvalue weighted by atomic mass is 19.1. The number of ether oxygens (including phenoxy) is 2. The molecule has 4 rings (SSSR count). The van der Waals surface area contributed by atoms with E-state index in [1.807, 2.05) is 0 Å². The number of anilines is 1. The molecule has 2 aromatic carbocycles. The van der Waals surface area contributed by atoms with Crippen molar-refractivity contribution in [1.82, 2.24) is 20.2 Å². The summed E-state index contributed by atoms with van der Waals surface area (Å²) in [5, 5.41) is 14.8. The van der Waals surface area contributed by atoms with Gasteiger partial charge in [0, 0.05) is 17.3 Å². The molecule has 3 aromatic rings. The molecule has 9 heteroatoms. The third kappa shape index (κ3) is 3.57. The summed E-state index contributed by atoms with van der Waals surface area (Å²) in [5.74, 6) is 0.751. The van der Waals surface area contributed by atoms with Crippen LogP contribution < -0.4 is 14.8 Å². The Morgan fingerprint density at radius 1 is 1.19 bits per heavy atom. The van der Waals surface area contributed by atoms with Crippen LogP contribution in [0.25, 0.3) is 11.4 Å². The summed E-state index contributed by atoms with van der Waals surface area (Å²) >= 11 is 0. The largest absolute Gasteiger partial charge is 0.486 e. The quantitative estimate of drug-likeness (QED) is 0.760. The average Bonchev–Trinajstić information content (AvgIpc) is 3.17. The lowest BCUT2D eigenvalue weighted by molar-refractivity contribution is -0.119. The molecule has 1 aliphatic heterocycles. The molecule has 1 aliphatic rings. The van der Waals surface area contributed by atoms with Crippen molar-refractivity contribution in [1.29, 1.82) is 0 Å². The number of amides is 1. The number of aromatic nitrogens is 4. The Morgan fingerprint density at radius 3 is 2.81 bits per heavy atom. The van der Waals surface area contributed by atoms with Crippen molar-refractivity contribution in [2.24, 2.45) is 0 Å². The van der Waals surface area contributed by atoms with E-state index in [9.17, 15) is 9.18 Å². The van der Waals surface area contributed by atoms with Gasteiger partial charge >= 0.3 is 0 Å². The lowest BCUT2D eigenvalue weighted by Crippen LogP contribution is -2.25. The molecule has 0 saturated heterocycles. The van der Waals surface area contributed by atoms with Gasteiger partial charge in [-0.25, -0.2) is 4.39 Å². The smallest absolute Gasteiger partial charge is 0.250 e. The van der Waals surface area contributed by atoms with Gasteiger partial charge in [-0.3, -0.25) is 4.79 Å². The average molecular weight is 369 g/mol. The molecule has 1 unspecified atom stereocenters. The number of hydrogen-bond donors (Lipinski definition) is 1. The van der Waals surface area contributed by atoms with E-state index in [0.29, 0.717) is 36.0 Å². The van der Waals surface area contributed by atoms with Crippen LogP contribution in [0, 0.1) is 5.82 Å². The van der Waals surface area contributed by atoms with E-state index >= 15 is 0 Å². The molecular formula is C18H16FN5O3. The van der Waals surface area contributed by atoms with Crippen molar-refractivity contribution in [3.05, 3.63) is 48.3 Å². The monoisotopic (exact) mass is 369 g/mol. The Kier molecular flexibility index (Phi) is 4.41. The number of halogens is 1. The second-order valence-electron chi connectivity index (χ2n) is 5.97. The highest BCUT2D eigenvalue weighted by molar-refractivity contribution is 5.93. The van der Waals surface area contributed by atoms with Gasteiger partial charge in [-0.05, 0) is 36.4 Å². The third-order valence-electron chi connectivity index (χ3n) is 4.05. The lowest BCUT2D eigenvalue weighted by Gasteiger charge is -2.19. The molecule has 0 fully saturated rings. The van der Waals surface area contributed by atoms with Crippen LogP contribution in [0.4, 0.5) is 10.1 Å². The molecule has 0 bridgehead atoms. The van der Waals surface area contributed by atoms with Crippen molar-refractivity contribution in [3.8, 4) is 22.9 Å². The number of carbonyl (C=O) groups is 1. The lowest BCUT2D eigenvalue weighted by atomic mass is 10.2. The van der Waals surface area contributed by atoms with Gasteiger partial charge in [0.1, 0.15) is 25.1 Å². The normalized spacial score (nSPS) is 13.9. The molecule has 138 valence electrons. The molecule has 1 N–H and O–H groups in total. The number of carbonyl (C=O) groups excluding carboxylic acids is 1. The molecule has 27 heavy (non-hydrogen) atoms. The summed E-state index contributed by atoms with van der Waals surface area (Å²) in [7, 11) is 0. The van der Waals surface area contributed by atoms with Gasteiger partial charge in [-0.2, -0.15) is 4.80 Å². The molecule has 0 radical (unpaired) electrons. The van der Waals surface area contributed by atoms with Gasteiger partial charge in [-0.1, -0.05) is 12.1 Å². The van der Waals surface area contributed by atoms with E-state index in [0.717, 1.165) is 0 Å². The summed E-state index contributed by atoms with van der Waals surface area (Å²) in [6, 6.07) is 10.3. The second kappa shape index (κ2) is 7.02. The maximum absolute atomic E-state index is 13.3. The summed E-state index contributed by atoms with van der Waals surface area (Å²) in [6.07, 6.45) is 0. The summed E-state index contributed by atoms with van der Waals surface area (Å²) in [5.41, 5.74) is 1.06. The van der Waals surface area contributed by atoms with Gasteiger partial charge in [0.15, 0.2) is 11.5 Å². The maximum atomic E-state index is 13.3. The van der Waals surface area contributed by atoms with Crippen LogP contribution in [0.5, 0.6) is 11.5 Å². The molecule has 1 aromatic heterocycles. The first-order valence-corrected chi connectivity index (χ1v) is 8.36. The van der Waals surface area contributed by atoms with Gasteiger partial charge in [-0.15, -0.1) is 10.2 Å². The van der Waals surface area contributed by atoms with Crippen LogP contribution >= 0.6 is 0 Å². The maximum Gasteiger partial charge on any atom is 0.250 e. The number of hydrogen-bond acceptors (Lipinski definition) is 6. The zero-order chi connectivity index (χ0) is 18.8. The molecule has 8 nitrogen and oxygen atoms in total. The van der Waals surface area contributed by atoms with E-state index in [1.54, 1.807) is 37.3 Å². The Labute approximate surface area is 153 Å². The molecule has 0 saturated carbocycles. The van der Waals surface area contributed by atoms with E-state index in [1.165, 1.54) is 16.9 Å². The Balaban J connectivity index is 1.48. The Hall–Kier alpha value is -3.49. The minimum atomic E-state index is -0.715. The number of rotatable bonds is 4. The minimum absolute atomic E-state index is 0.244. The second-order valence-corrected chi connectivity index (χ2v) is 5.97. The van der Waals surface area contributed by atoms with Gasteiger partial charge in [0.2, 0.25) is 5.82 Å². The van der Waals surface area contributed by atoms with Crippen LogP contribution in [0.15, 0.2) is 42.5 Å². The van der Waals surface area contributed by atoms with Gasteiger partial charge < -0.3 is 14.8 Å². The number of fused-ring (bicyclic) bond motifs is 1. The van der Waals surface area contributed by atoms with E-state index in [4.69, 9.17) is 9.47 Å². The first-order chi connectivity index (χ1) is 13.1.